The Morgan fingerprint density at radius 3 is 2.62 bits per heavy atom. The van der Waals surface area contributed by atoms with Gasteiger partial charge < -0.3 is 25.0 Å². The minimum Gasteiger partial charge on any atom is -0.388 e. The number of amides is 2. The molecule has 2 aliphatic heterocycles. The van der Waals surface area contributed by atoms with Crippen molar-refractivity contribution in [3.05, 3.63) is 54.1 Å². The van der Waals surface area contributed by atoms with Gasteiger partial charge in [-0.2, -0.15) is 0 Å². The molecule has 8 heteroatoms. The number of piperidine rings is 1. The monoisotopic (exact) mass is 398 g/mol. The third-order valence-corrected chi connectivity index (χ3v) is 6.18. The Morgan fingerprint density at radius 1 is 1.24 bits per heavy atom. The van der Waals surface area contributed by atoms with E-state index in [4.69, 9.17) is 4.74 Å². The lowest BCUT2D eigenvalue weighted by Gasteiger charge is -2.53. The van der Waals surface area contributed by atoms with Gasteiger partial charge in [-0.3, -0.25) is 14.6 Å². The fourth-order valence-corrected chi connectivity index (χ4v) is 4.37. The first-order valence-electron chi connectivity index (χ1n) is 9.91. The number of aromatic nitrogens is 2. The summed E-state index contributed by atoms with van der Waals surface area (Å²) in [6.07, 6.45) is 5.52. The smallest absolute Gasteiger partial charge is 0.270 e. The summed E-state index contributed by atoms with van der Waals surface area (Å²) in [6, 6.07) is 6.84. The molecule has 0 radical (unpaired) electrons. The van der Waals surface area contributed by atoms with Crippen molar-refractivity contribution >= 4 is 11.8 Å². The van der Waals surface area contributed by atoms with E-state index >= 15 is 0 Å². The van der Waals surface area contributed by atoms with Gasteiger partial charge in [0.25, 0.3) is 11.8 Å². The lowest BCUT2D eigenvalue weighted by molar-refractivity contribution is -0.203. The van der Waals surface area contributed by atoms with Crippen molar-refractivity contribution in [1.29, 1.82) is 0 Å². The minimum absolute atomic E-state index is 0.0519. The fraction of sp³-hybridized carbons (Fsp3) is 0.476. The minimum atomic E-state index is -0.878. The SMILES string of the molecule is C[C@]1(NC(=O)c2ccncc2)CCOC2(CCN(C(=O)c3ccc[nH]3)CC2)[C@@H]1O. The summed E-state index contributed by atoms with van der Waals surface area (Å²) in [5.74, 6) is -0.297. The molecular formula is C21H26N4O4. The Labute approximate surface area is 169 Å². The number of ether oxygens (including phenoxy) is 1. The van der Waals surface area contributed by atoms with Gasteiger partial charge in [-0.15, -0.1) is 0 Å². The van der Waals surface area contributed by atoms with Crippen molar-refractivity contribution in [2.75, 3.05) is 19.7 Å². The van der Waals surface area contributed by atoms with E-state index in [1.807, 2.05) is 6.92 Å². The number of nitrogens with one attached hydrogen (secondary N) is 2. The Balaban J connectivity index is 1.45. The molecule has 29 heavy (non-hydrogen) atoms. The van der Waals surface area contributed by atoms with Crippen LogP contribution < -0.4 is 5.32 Å². The Kier molecular flexibility index (Phi) is 5.14. The molecule has 2 aliphatic rings. The number of aliphatic hydroxyl groups excluding tert-OH is 1. The van der Waals surface area contributed by atoms with Gasteiger partial charge in [-0.05, 0) is 50.5 Å². The quantitative estimate of drug-likeness (QED) is 0.724. The maximum atomic E-state index is 12.7. The van der Waals surface area contributed by atoms with Gasteiger partial charge in [0.05, 0.1) is 11.1 Å². The molecular weight excluding hydrogens is 372 g/mol. The van der Waals surface area contributed by atoms with Crippen molar-refractivity contribution in [3.63, 3.8) is 0 Å². The average Bonchev–Trinajstić information content (AvgIpc) is 3.28. The van der Waals surface area contributed by atoms with Gasteiger partial charge in [0.2, 0.25) is 0 Å². The van der Waals surface area contributed by atoms with Crippen LogP contribution in [0.1, 0.15) is 47.0 Å². The standard InChI is InChI=1S/C21H26N4O4/c1-20(24-17(26)15-4-10-22-11-5-15)8-14-29-21(19(20)28)6-12-25(13-7-21)18(27)16-3-2-9-23-16/h2-5,9-11,19,23,28H,6-8,12-14H2,1H3,(H,24,26)/t19-,20+/m1/s1. The summed E-state index contributed by atoms with van der Waals surface area (Å²) in [5.41, 5.74) is -0.532. The second-order valence-corrected chi connectivity index (χ2v) is 8.05. The topological polar surface area (TPSA) is 108 Å². The van der Waals surface area contributed by atoms with Gasteiger partial charge in [-0.25, -0.2) is 0 Å². The normalized spacial score (nSPS) is 26.3. The number of H-pyrrole nitrogens is 1. The van der Waals surface area contributed by atoms with Crippen LogP contribution in [0.25, 0.3) is 0 Å². The molecule has 1 spiro atoms. The largest absolute Gasteiger partial charge is 0.388 e. The van der Waals surface area contributed by atoms with E-state index in [-0.39, 0.29) is 11.8 Å². The van der Waals surface area contributed by atoms with Crippen LogP contribution >= 0.6 is 0 Å². The zero-order chi connectivity index (χ0) is 20.5. The van der Waals surface area contributed by atoms with Crippen LogP contribution in [0.15, 0.2) is 42.9 Å². The highest BCUT2D eigenvalue weighted by molar-refractivity contribution is 5.94. The molecule has 2 saturated heterocycles. The third-order valence-electron chi connectivity index (χ3n) is 6.18. The molecule has 2 aromatic heterocycles. The van der Waals surface area contributed by atoms with Crippen LogP contribution in [0, 0.1) is 0 Å². The van der Waals surface area contributed by atoms with E-state index in [1.54, 1.807) is 47.8 Å². The first-order chi connectivity index (χ1) is 13.9. The molecule has 4 heterocycles. The van der Waals surface area contributed by atoms with Crippen LogP contribution in [0.2, 0.25) is 0 Å². The second kappa shape index (κ2) is 7.61. The lowest BCUT2D eigenvalue weighted by atomic mass is 9.73. The zero-order valence-electron chi connectivity index (χ0n) is 16.4. The molecule has 4 rings (SSSR count). The number of aromatic amines is 1. The average molecular weight is 398 g/mol. The summed E-state index contributed by atoms with van der Waals surface area (Å²) in [7, 11) is 0. The first kappa shape index (κ1) is 19.6. The molecule has 0 aromatic carbocycles. The summed E-state index contributed by atoms with van der Waals surface area (Å²) in [6.45, 7) is 3.28. The molecule has 0 unspecified atom stereocenters. The van der Waals surface area contributed by atoms with Crippen molar-refractivity contribution in [1.82, 2.24) is 20.2 Å². The van der Waals surface area contributed by atoms with Crippen LogP contribution in [-0.2, 0) is 4.74 Å². The first-order valence-corrected chi connectivity index (χ1v) is 9.91. The van der Waals surface area contributed by atoms with E-state index < -0.39 is 17.2 Å². The summed E-state index contributed by atoms with van der Waals surface area (Å²) >= 11 is 0. The Hall–Kier alpha value is -2.71. The van der Waals surface area contributed by atoms with Crippen molar-refractivity contribution in [3.8, 4) is 0 Å². The number of likely N-dealkylation sites (tertiary alicyclic amines) is 1. The summed E-state index contributed by atoms with van der Waals surface area (Å²) < 4.78 is 6.06. The van der Waals surface area contributed by atoms with Crippen LogP contribution in [-0.4, -0.2) is 68.7 Å². The van der Waals surface area contributed by atoms with Gasteiger partial charge in [0, 0.05) is 43.9 Å². The predicted octanol–water partition coefficient (Wildman–Crippen LogP) is 1.35. The number of hydrogen-bond acceptors (Lipinski definition) is 5. The van der Waals surface area contributed by atoms with E-state index in [2.05, 4.69) is 15.3 Å². The van der Waals surface area contributed by atoms with Gasteiger partial charge >= 0.3 is 0 Å². The molecule has 2 fully saturated rings. The van der Waals surface area contributed by atoms with Gasteiger partial charge in [0.15, 0.2) is 0 Å². The van der Waals surface area contributed by atoms with Crippen LogP contribution in [0.5, 0.6) is 0 Å². The molecule has 2 amide bonds. The summed E-state index contributed by atoms with van der Waals surface area (Å²) in [4.78, 5) is 33.9. The maximum Gasteiger partial charge on any atom is 0.270 e. The number of pyridine rings is 1. The van der Waals surface area contributed by atoms with Crippen molar-refractivity contribution in [2.24, 2.45) is 0 Å². The van der Waals surface area contributed by atoms with Crippen LogP contribution in [0.3, 0.4) is 0 Å². The maximum absolute atomic E-state index is 12.7. The van der Waals surface area contributed by atoms with E-state index in [0.717, 1.165) is 0 Å². The fourth-order valence-electron chi connectivity index (χ4n) is 4.37. The number of carbonyl (C=O) groups excluding carboxylic acids is 2. The molecule has 0 aliphatic carbocycles. The number of carbonyl (C=O) groups is 2. The molecule has 154 valence electrons. The Morgan fingerprint density at radius 2 is 1.97 bits per heavy atom. The van der Waals surface area contributed by atoms with E-state index in [1.165, 1.54) is 0 Å². The van der Waals surface area contributed by atoms with Gasteiger partial charge in [0.1, 0.15) is 11.8 Å². The highest BCUT2D eigenvalue weighted by atomic mass is 16.5. The molecule has 0 bridgehead atoms. The number of aliphatic hydroxyl groups is 1. The highest BCUT2D eigenvalue weighted by Gasteiger charge is 2.54. The van der Waals surface area contributed by atoms with E-state index in [0.29, 0.717) is 50.2 Å². The predicted molar refractivity (Wildman–Crippen MR) is 105 cm³/mol. The number of nitrogens with zero attached hydrogens (tertiary/aromatic N) is 2. The molecule has 8 nitrogen and oxygen atoms in total. The molecule has 3 N–H and O–H groups in total. The molecule has 2 aromatic rings. The highest BCUT2D eigenvalue weighted by Crippen LogP contribution is 2.40. The van der Waals surface area contributed by atoms with Gasteiger partial charge in [-0.1, -0.05) is 0 Å². The lowest BCUT2D eigenvalue weighted by Crippen LogP contribution is -2.69. The molecule has 2 atom stereocenters. The summed E-state index contributed by atoms with van der Waals surface area (Å²) in [5, 5.41) is 14.3. The third kappa shape index (κ3) is 3.65. The van der Waals surface area contributed by atoms with E-state index in [9.17, 15) is 14.7 Å². The number of hydrogen-bond donors (Lipinski definition) is 3. The second-order valence-electron chi connectivity index (χ2n) is 8.05. The Bertz CT molecular complexity index is 862. The molecule has 0 saturated carbocycles. The van der Waals surface area contributed by atoms with Crippen molar-refractivity contribution in [2.45, 2.75) is 43.4 Å². The van der Waals surface area contributed by atoms with Crippen molar-refractivity contribution < 1.29 is 19.4 Å². The van der Waals surface area contributed by atoms with Crippen LogP contribution in [0.4, 0.5) is 0 Å². The number of rotatable bonds is 3. The zero-order valence-corrected chi connectivity index (χ0v) is 16.4.